The van der Waals surface area contributed by atoms with Crippen molar-refractivity contribution in [3.8, 4) is 0 Å². The van der Waals surface area contributed by atoms with Gasteiger partial charge in [0.25, 0.3) is 5.91 Å². The zero-order valence-electron chi connectivity index (χ0n) is 15.0. The fourth-order valence-electron chi connectivity index (χ4n) is 3.24. The van der Waals surface area contributed by atoms with Crippen LogP contribution in [0.3, 0.4) is 0 Å². The molecule has 2 aromatic rings. The van der Waals surface area contributed by atoms with Gasteiger partial charge in [-0.1, -0.05) is 42.5 Å². The van der Waals surface area contributed by atoms with Crippen LogP contribution in [0, 0.1) is 0 Å². The molecule has 5 nitrogen and oxygen atoms in total. The number of sulfonamides is 1. The van der Waals surface area contributed by atoms with E-state index >= 15 is 0 Å². The monoisotopic (exact) mass is 382 g/mol. The Morgan fingerprint density at radius 3 is 2.48 bits per heavy atom. The van der Waals surface area contributed by atoms with Crippen molar-refractivity contribution in [3.05, 3.63) is 71.8 Å². The second kappa shape index (κ2) is 7.29. The van der Waals surface area contributed by atoms with Crippen LogP contribution in [0.5, 0.6) is 0 Å². The number of rotatable bonds is 5. The first-order valence-electron chi connectivity index (χ1n) is 9.19. The zero-order chi connectivity index (χ0) is 18.9. The fraction of sp³-hybridized carbons (Fsp3) is 0.286. The highest BCUT2D eigenvalue weighted by molar-refractivity contribution is 7.89. The third kappa shape index (κ3) is 4.12. The average Bonchev–Trinajstić information content (AvgIpc) is 3.52. The second-order valence-electron chi connectivity index (χ2n) is 7.02. The van der Waals surface area contributed by atoms with Crippen molar-refractivity contribution >= 4 is 21.5 Å². The number of amides is 1. The van der Waals surface area contributed by atoms with Crippen LogP contribution >= 0.6 is 0 Å². The molecule has 1 fully saturated rings. The lowest BCUT2D eigenvalue weighted by Crippen LogP contribution is -2.35. The number of nitrogens with one attached hydrogen (secondary N) is 1. The predicted molar refractivity (Wildman–Crippen MR) is 105 cm³/mol. The van der Waals surface area contributed by atoms with Gasteiger partial charge in [-0.15, -0.1) is 0 Å². The van der Waals surface area contributed by atoms with Gasteiger partial charge in [0.2, 0.25) is 10.0 Å². The first kappa shape index (κ1) is 17.9. The quantitative estimate of drug-likeness (QED) is 0.864. The summed E-state index contributed by atoms with van der Waals surface area (Å²) in [6.45, 7) is 1.15. The van der Waals surface area contributed by atoms with Gasteiger partial charge in [0.05, 0.1) is 4.90 Å². The van der Waals surface area contributed by atoms with Crippen LogP contribution in [0.15, 0.2) is 65.6 Å². The topological polar surface area (TPSA) is 66.5 Å². The summed E-state index contributed by atoms with van der Waals surface area (Å²) in [7, 11) is -3.56. The summed E-state index contributed by atoms with van der Waals surface area (Å²) in [6, 6.07) is 16.5. The lowest BCUT2D eigenvalue weighted by atomic mass is 9.99. The Labute approximate surface area is 159 Å². The molecule has 0 spiro atoms. The number of hydrogen-bond acceptors (Lipinski definition) is 3. The molecule has 1 N–H and O–H groups in total. The Balaban J connectivity index is 1.49. The summed E-state index contributed by atoms with van der Waals surface area (Å²) in [5.41, 5.74) is 2.83. The van der Waals surface area contributed by atoms with Gasteiger partial charge in [-0.2, -0.15) is 0 Å². The van der Waals surface area contributed by atoms with Crippen molar-refractivity contribution in [2.75, 3.05) is 13.1 Å². The maximum atomic E-state index is 12.8. The minimum absolute atomic E-state index is 0.0398. The van der Waals surface area contributed by atoms with Crippen LogP contribution in [0.1, 0.15) is 35.2 Å². The maximum Gasteiger partial charge on any atom is 0.254 e. The Bertz CT molecular complexity index is 979. The molecule has 1 aliphatic heterocycles. The van der Waals surface area contributed by atoms with Crippen molar-refractivity contribution < 1.29 is 13.2 Å². The highest BCUT2D eigenvalue weighted by atomic mass is 32.2. The van der Waals surface area contributed by atoms with E-state index in [0.717, 1.165) is 19.3 Å². The van der Waals surface area contributed by atoms with Crippen LogP contribution in [0.4, 0.5) is 0 Å². The molecule has 2 aromatic carbocycles. The lowest BCUT2D eigenvalue weighted by molar-refractivity contribution is 0.0772. The van der Waals surface area contributed by atoms with E-state index in [1.165, 1.54) is 23.3 Å². The largest absolute Gasteiger partial charge is 0.335 e. The van der Waals surface area contributed by atoms with E-state index in [1.54, 1.807) is 17.0 Å². The molecule has 1 amide bonds. The first-order chi connectivity index (χ1) is 13.0. The molecular formula is C21H22N2O3S. The first-order valence-corrected chi connectivity index (χ1v) is 10.7. The summed E-state index contributed by atoms with van der Waals surface area (Å²) in [4.78, 5) is 14.7. The van der Waals surface area contributed by atoms with Gasteiger partial charge in [-0.05, 0) is 48.6 Å². The highest BCUT2D eigenvalue weighted by Gasteiger charge is 2.28. The fourth-order valence-corrected chi connectivity index (χ4v) is 4.59. The van der Waals surface area contributed by atoms with Crippen molar-refractivity contribution in [3.63, 3.8) is 0 Å². The van der Waals surface area contributed by atoms with E-state index in [9.17, 15) is 13.2 Å². The normalized spacial score (nSPS) is 17.5. The van der Waals surface area contributed by atoms with E-state index in [-0.39, 0.29) is 16.8 Å². The zero-order valence-corrected chi connectivity index (χ0v) is 15.8. The number of hydrogen-bond donors (Lipinski definition) is 1. The van der Waals surface area contributed by atoms with Gasteiger partial charge >= 0.3 is 0 Å². The van der Waals surface area contributed by atoms with Gasteiger partial charge in [0.15, 0.2) is 0 Å². The molecule has 0 radical (unpaired) electrons. The lowest BCUT2D eigenvalue weighted by Gasteiger charge is -2.27. The van der Waals surface area contributed by atoms with Crippen LogP contribution < -0.4 is 4.72 Å². The predicted octanol–water partition coefficient (Wildman–Crippen LogP) is 3.06. The maximum absolute atomic E-state index is 12.8. The molecule has 0 atom stereocenters. The third-order valence-corrected chi connectivity index (χ3v) is 6.45. The van der Waals surface area contributed by atoms with Crippen molar-refractivity contribution in [1.29, 1.82) is 0 Å². The minimum atomic E-state index is -3.56. The van der Waals surface area contributed by atoms with Crippen molar-refractivity contribution in [2.24, 2.45) is 0 Å². The Morgan fingerprint density at radius 1 is 1.04 bits per heavy atom. The van der Waals surface area contributed by atoms with Crippen molar-refractivity contribution in [2.45, 2.75) is 30.2 Å². The molecule has 2 aliphatic rings. The van der Waals surface area contributed by atoms with E-state index in [0.29, 0.717) is 18.7 Å². The Kier molecular flexibility index (Phi) is 4.85. The molecule has 0 aromatic heterocycles. The van der Waals surface area contributed by atoms with Crippen LogP contribution in [0.25, 0.3) is 5.57 Å². The molecule has 1 heterocycles. The molecule has 0 saturated heterocycles. The van der Waals surface area contributed by atoms with Crippen LogP contribution in [0.2, 0.25) is 0 Å². The van der Waals surface area contributed by atoms with Gasteiger partial charge in [-0.25, -0.2) is 13.1 Å². The molecule has 1 saturated carbocycles. The summed E-state index contributed by atoms with van der Waals surface area (Å²) >= 11 is 0. The van der Waals surface area contributed by atoms with Gasteiger partial charge in [0.1, 0.15) is 0 Å². The van der Waals surface area contributed by atoms with Crippen molar-refractivity contribution in [1.82, 2.24) is 9.62 Å². The molecule has 140 valence electrons. The van der Waals surface area contributed by atoms with E-state index in [2.05, 4.69) is 22.9 Å². The second-order valence-corrected chi connectivity index (χ2v) is 8.73. The van der Waals surface area contributed by atoms with Crippen LogP contribution in [-0.2, 0) is 10.0 Å². The van der Waals surface area contributed by atoms with Gasteiger partial charge in [0, 0.05) is 24.7 Å². The highest BCUT2D eigenvalue weighted by Crippen LogP contribution is 2.25. The van der Waals surface area contributed by atoms with Crippen LogP contribution in [-0.4, -0.2) is 38.4 Å². The minimum Gasteiger partial charge on any atom is -0.335 e. The summed E-state index contributed by atoms with van der Waals surface area (Å²) in [5.74, 6) is -0.137. The van der Waals surface area contributed by atoms with E-state index < -0.39 is 10.0 Å². The number of carbonyl (C=O) groups excluding carboxylic acids is 1. The number of benzene rings is 2. The number of nitrogens with zero attached hydrogens (tertiary/aromatic N) is 1. The molecule has 0 unspecified atom stereocenters. The molecule has 27 heavy (non-hydrogen) atoms. The molecule has 6 heteroatoms. The summed E-state index contributed by atoms with van der Waals surface area (Å²) in [6.07, 6.45) is 4.62. The van der Waals surface area contributed by atoms with E-state index in [1.807, 2.05) is 18.2 Å². The van der Waals surface area contributed by atoms with Gasteiger partial charge < -0.3 is 4.90 Å². The third-order valence-electron chi connectivity index (χ3n) is 4.93. The standard InChI is InChI=1S/C21H22N2O3S/c24-21(23-13-11-17(12-14-23)16-5-2-1-3-6-16)18-7-4-8-20(15-18)27(25,26)22-19-9-10-19/h1-8,11,15,19,22H,9-10,12-14H2. The summed E-state index contributed by atoms with van der Waals surface area (Å²) < 4.78 is 27.4. The molecule has 0 bridgehead atoms. The Hall–Kier alpha value is -2.44. The molecule has 4 rings (SSSR count). The van der Waals surface area contributed by atoms with E-state index in [4.69, 9.17) is 0 Å². The SMILES string of the molecule is O=C(c1cccc(S(=O)(=O)NC2CC2)c1)N1CC=C(c2ccccc2)CC1. The summed E-state index contributed by atoms with van der Waals surface area (Å²) in [5, 5.41) is 0. The number of carbonyl (C=O) groups is 1. The average molecular weight is 382 g/mol. The Morgan fingerprint density at radius 2 is 1.81 bits per heavy atom. The van der Waals surface area contributed by atoms with Gasteiger partial charge in [-0.3, -0.25) is 4.79 Å². The smallest absolute Gasteiger partial charge is 0.254 e. The molecule has 1 aliphatic carbocycles. The molecular weight excluding hydrogens is 360 g/mol.